The summed E-state index contributed by atoms with van der Waals surface area (Å²) in [5.74, 6) is -0.0467. The second-order valence-electron chi connectivity index (χ2n) is 4.27. The maximum Gasteiger partial charge on any atom is 0.245 e. The van der Waals surface area contributed by atoms with E-state index >= 15 is 0 Å². The standard InChI is InChI=1S/C10H9Br4N3OS/c1-10(6-3(11)4(12)7(14)19-6)5(13)8(18)17(2)9(15)16-10/h5H,1-2H3,(H2,15,16)/t5?,10-/m0/s1. The molecule has 1 saturated heterocycles. The molecule has 1 aromatic rings. The van der Waals surface area contributed by atoms with Crippen molar-refractivity contribution in [2.24, 2.45) is 0 Å². The number of carbonyl (C=O) groups excluding carboxylic acids is 1. The van der Waals surface area contributed by atoms with Crippen LogP contribution in [0.25, 0.3) is 0 Å². The maximum atomic E-state index is 12.2. The molecule has 0 spiro atoms. The summed E-state index contributed by atoms with van der Waals surface area (Å²) in [6.07, 6.45) is 0. The van der Waals surface area contributed by atoms with Crippen LogP contribution in [0.5, 0.6) is 0 Å². The molecule has 104 valence electrons. The van der Waals surface area contributed by atoms with Gasteiger partial charge in [-0.05, 0) is 54.7 Å². The lowest BCUT2D eigenvalue weighted by atomic mass is 9.93. The van der Waals surface area contributed by atoms with Crippen LogP contribution in [0.15, 0.2) is 12.7 Å². The fourth-order valence-electron chi connectivity index (χ4n) is 1.79. The molecule has 4 nitrogen and oxygen atoms in total. The van der Waals surface area contributed by atoms with E-state index in [0.717, 1.165) is 17.6 Å². The predicted molar refractivity (Wildman–Crippen MR) is 91.1 cm³/mol. The Morgan fingerprint density at radius 1 is 1.37 bits per heavy atom. The first kappa shape index (κ1) is 15.9. The van der Waals surface area contributed by atoms with Crippen molar-refractivity contribution >= 4 is 86.9 Å². The first-order valence-electron chi connectivity index (χ1n) is 5.12. The SMILES string of the molecule is CN1C(=N)N[C@](C)(c2sc(Br)c(Br)c2Br)C(Br)C1=O. The van der Waals surface area contributed by atoms with Gasteiger partial charge in [0.1, 0.15) is 4.83 Å². The number of carbonyl (C=O) groups is 1. The lowest BCUT2D eigenvalue weighted by Crippen LogP contribution is -2.64. The number of nitrogens with one attached hydrogen (secondary N) is 2. The average Bonchev–Trinajstić information content (AvgIpc) is 2.62. The van der Waals surface area contributed by atoms with E-state index in [-0.39, 0.29) is 11.9 Å². The van der Waals surface area contributed by atoms with E-state index in [1.165, 1.54) is 16.2 Å². The molecule has 1 amide bonds. The van der Waals surface area contributed by atoms with Crippen LogP contribution in [0, 0.1) is 5.41 Å². The van der Waals surface area contributed by atoms with Gasteiger partial charge in [-0.3, -0.25) is 15.1 Å². The Kier molecular flexibility index (Phi) is 4.53. The zero-order valence-electron chi connectivity index (χ0n) is 9.85. The smallest absolute Gasteiger partial charge is 0.245 e. The highest BCUT2D eigenvalue weighted by atomic mass is 79.9. The summed E-state index contributed by atoms with van der Waals surface area (Å²) >= 11 is 15.5. The number of nitrogens with zero attached hydrogens (tertiary/aromatic N) is 1. The summed E-state index contributed by atoms with van der Waals surface area (Å²) in [6, 6.07) is 0. The monoisotopic (exact) mass is 535 g/mol. The van der Waals surface area contributed by atoms with Gasteiger partial charge in [0.25, 0.3) is 0 Å². The molecule has 0 bridgehead atoms. The molecular weight excluding hydrogens is 530 g/mol. The van der Waals surface area contributed by atoms with Crippen LogP contribution < -0.4 is 5.32 Å². The maximum absolute atomic E-state index is 12.2. The number of rotatable bonds is 1. The summed E-state index contributed by atoms with van der Waals surface area (Å²) in [5, 5.41) is 11.0. The molecule has 1 fully saturated rings. The highest BCUT2D eigenvalue weighted by molar-refractivity contribution is 9.14. The summed E-state index contributed by atoms with van der Waals surface area (Å²) in [6.45, 7) is 1.90. The zero-order chi connectivity index (χ0) is 14.5. The molecule has 1 aliphatic rings. The van der Waals surface area contributed by atoms with Gasteiger partial charge in [0.15, 0.2) is 5.96 Å². The first-order chi connectivity index (χ1) is 8.70. The van der Waals surface area contributed by atoms with Crippen LogP contribution in [0.3, 0.4) is 0 Å². The molecule has 2 heterocycles. The normalized spacial score (nSPS) is 27.7. The van der Waals surface area contributed by atoms with Crippen LogP contribution in [-0.4, -0.2) is 28.6 Å². The first-order valence-corrected chi connectivity index (χ1v) is 9.23. The van der Waals surface area contributed by atoms with E-state index < -0.39 is 10.4 Å². The summed E-state index contributed by atoms with van der Waals surface area (Å²) in [7, 11) is 1.58. The third-order valence-corrected chi connectivity index (χ3v) is 9.58. The van der Waals surface area contributed by atoms with Crippen LogP contribution in [0.4, 0.5) is 0 Å². The number of hydrogen-bond donors (Lipinski definition) is 2. The molecule has 2 atom stereocenters. The fourth-order valence-corrected chi connectivity index (χ4v) is 6.04. The second-order valence-corrected chi connectivity index (χ2v) is 9.11. The van der Waals surface area contributed by atoms with Crippen molar-refractivity contribution < 1.29 is 4.79 Å². The molecule has 0 aromatic carbocycles. The Bertz CT molecular complexity index is 575. The quantitative estimate of drug-likeness (QED) is 0.531. The number of hydrogen-bond acceptors (Lipinski definition) is 3. The lowest BCUT2D eigenvalue weighted by molar-refractivity contribution is -0.128. The zero-order valence-corrected chi connectivity index (χ0v) is 17.0. The van der Waals surface area contributed by atoms with E-state index in [1.54, 1.807) is 7.05 Å². The molecule has 2 rings (SSSR count). The van der Waals surface area contributed by atoms with Gasteiger partial charge in [-0.25, -0.2) is 0 Å². The van der Waals surface area contributed by atoms with Crippen LogP contribution in [0.1, 0.15) is 11.8 Å². The Morgan fingerprint density at radius 2 is 1.95 bits per heavy atom. The molecule has 1 unspecified atom stereocenters. The summed E-state index contributed by atoms with van der Waals surface area (Å²) < 4.78 is 2.73. The van der Waals surface area contributed by atoms with E-state index in [2.05, 4.69) is 69.0 Å². The topological polar surface area (TPSA) is 56.2 Å². The Hall–Kier alpha value is 0.560. The third-order valence-electron chi connectivity index (χ3n) is 3.00. The van der Waals surface area contributed by atoms with Gasteiger partial charge in [-0.2, -0.15) is 0 Å². The lowest BCUT2D eigenvalue weighted by Gasteiger charge is -2.42. The van der Waals surface area contributed by atoms with Gasteiger partial charge in [0.2, 0.25) is 5.91 Å². The van der Waals surface area contributed by atoms with Crippen molar-refractivity contribution in [2.75, 3.05) is 7.05 Å². The average molecular weight is 539 g/mol. The van der Waals surface area contributed by atoms with E-state index in [1.807, 2.05) is 6.92 Å². The molecule has 2 N–H and O–H groups in total. The van der Waals surface area contributed by atoms with Gasteiger partial charge in [0, 0.05) is 16.4 Å². The molecule has 1 aliphatic heterocycles. The van der Waals surface area contributed by atoms with Gasteiger partial charge in [-0.15, -0.1) is 11.3 Å². The Balaban J connectivity index is 2.55. The van der Waals surface area contributed by atoms with Gasteiger partial charge in [0.05, 0.1) is 13.8 Å². The predicted octanol–water partition coefficient (Wildman–Crippen LogP) is 4.01. The third kappa shape index (κ3) is 2.45. The molecule has 0 aliphatic carbocycles. The van der Waals surface area contributed by atoms with Crippen LogP contribution in [0.2, 0.25) is 0 Å². The molecule has 9 heteroatoms. The van der Waals surface area contributed by atoms with Crippen molar-refractivity contribution in [3.63, 3.8) is 0 Å². The summed E-state index contributed by atoms with van der Waals surface area (Å²) in [5.41, 5.74) is -0.682. The highest BCUT2D eigenvalue weighted by Gasteiger charge is 2.48. The van der Waals surface area contributed by atoms with Crippen molar-refractivity contribution in [1.82, 2.24) is 10.2 Å². The van der Waals surface area contributed by atoms with Crippen LogP contribution in [-0.2, 0) is 10.3 Å². The van der Waals surface area contributed by atoms with E-state index in [9.17, 15) is 4.79 Å². The molecule has 1 aromatic heterocycles. The minimum atomic E-state index is -0.682. The van der Waals surface area contributed by atoms with Crippen molar-refractivity contribution in [3.8, 4) is 0 Å². The van der Waals surface area contributed by atoms with E-state index in [0.29, 0.717) is 0 Å². The number of alkyl halides is 1. The van der Waals surface area contributed by atoms with Crippen molar-refractivity contribution in [3.05, 3.63) is 17.6 Å². The molecular formula is C10H9Br4N3OS. The summed E-state index contributed by atoms with van der Waals surface area (Å²) in [4.78, 5) is 14.0. The number of amides is 1. The second kappa shape index (κ2) is 5.40. The van der Waals surface area contributed by atoms with Crippen LogP contribution >= 0.6 is 75.1 Å². The van der Waals surface area contributed by atoms with Gasteiger partial charge >= 0.3 is 0 Å². The Morgan fingerprint density at radius 3 is 2.42 bits per heavy atom. The number of thiophene rings is 1. The molecule has 19 heavy (non-hydrogen) atoms. The minimum Gasteiger partial charge on any atom is -0.344 e. The van der Waals surface area contributed by atoms with Crippen molar-refractivity contribution in [1.29, 1.82) is 5.41 Å². The largest absolute Gasteiger partial charge is 0.344 e. The Labute approximate surface area is 148 Å². The van der Waals surface area contributed by atoms with E-state index in [4.69, 9.17) is 5.41 Å². The van der Waals surface area contributed by atoms with Gasteiger partial charge in [-0.1, -0.05) is 15.9 Å². The number of halogens is 4. The van der Waals surface area contributed by atoms with Crippen molar-refractivity contribution in [2.45, 2.75) is 17.3 Å². The number of guanidine groups is 1. The molecule has 0 saturated carbocycles. The fraction of sp³-hybridized carbons (Fsp3) is 0.400. The molecule has 0 radical (unpaired) electrons. The highest BCUT2D eigenvalue weighted by Crippen LogP contribution is 2.48. The minimum absolute atomic E-state index is 0.0933. The van der Waals surface area contributed by atoms with Gasteiger partial charge < -0.3 is 5.32 Å².